The first-order valence-corrected chi connectivity index (χ1v) is 5.98. The van der Waals surface area contributed by atoms with Gasteiger partial charge in [0.2, 0.25) is 0 Å². The Labute approximate surface area is 96.0 Å². The third-order valence-electron chi connectivity index (χ3n) is 2.69. The molecule has 1 fully saturated rings. The zero-order chi connectivity index (χ0) is 11.1. The lowest BCUT2D eigenvalue weighted by molar-refractivity contribution is 0.0991. The van der Waals surface area contributed by atoms with Crippen LogP contribution in [0.5, 0.6) is 0 Å². The standard InChI is InChI=1S/C11H10N2O2S/c12-11(14)9-8(6-3-4-6)10(15-13-9)7-2-1-5-16-7/h1-2,5-6H,3-4H2,(H2,12,14). The molecule has 1 aliphatic carbocycles. The predicted molar refractivity (Wildman–Crippen MR) is 60.3 cm³/mol. The molecule has 2 aromatic rings. The van der Waals surface area contributed by atoms with Crippen molar-refractivity contribution >= 4 is 17.2 Å². The first-order valence-electron chi connectivity index (χ1n) is 5.10. The summed E-state index contributed by atoms with van der Waals surface area (Å²) in [6.45, 7) is 0. The van der Waals surface area contributed by atoms with Crippen LogP contribution in [0.3, 0.4) is 0 Å². The third-order valence-corrected chi connectivity index (χ3v) is 3.56. The van der Waals surface area contributed by atoms with Gasteiger partial charge in [-0.05, 0) is 30.2 Å². The molecule has 1 amide bonds. The summed E-state index contributed by atoms with van der Waals surface area (Å²) in [5, 5.41) is 5.76. The van der Waals surface area contributed by atoms with Gasteiger partial charge in [-0.1, -0.05) is 11.2 Å². The molecule has 0 radical (unpaired) electrons. The topological polar surface area (TPSA) is 69.1 Å². The van der Waals surface area contributed by atoms with Gasteiger partial charge in [0.05, 0.1) is 4.88 Å². The Hall–Kier alpha value is -1.62. The minimum atomic E-state index is -0.506. The van der Waals surface area contributed by atoms with Crippen LogP contribution < -0.4 is 5.73 Å². The van der Waals surface area contributed by atoms with Gasteiger partial charge in [0.1, 0.15) is 0 Å². The lowest BCUT2D eigenvalue weighted by Gasteiger charge is -1.97. The lowest BCUT2D eigenvalue weighted by atomic mass is 10.1. The second-order valence-corrected chi connectivity index (χ2v) is 4.84. The highest BCUT2D eigenvalue weighted by Gasteiger charge is 2.34. The van der Waals surface area contributed by atoms with Crippen LogP contribution in [0.25, 0.3) is 10.6 Å². The maximum Gasteiger partial charge on any atom is 0.271 e. The molecule has 4 nitrogen and oxygen atoms in total. The molecule has 0 aliphatic heterocycles. The molecule has 0 aromatic carbocycles. The summed E-state index contributed by atoms with van der Waals surface area (Å²) in [4.78, 5) is 12.2. The van der Waals surface area contributed by atoms with Gasteiger partial charge in [-0.25, -0.2) is 0 Å². The van der Waals surface area contributed by atoms with Gasteiger partial charge in [-0.15, -0.1) is 11.3 Å². The number of carbonyl (C=O) groups excluding carboxylic acids is 1. The predicted octanol–water partition coefficient (Wildman–Crippen LogP) is 2.38. The van der Waals surface area contributed by atoms with Crippen molar-refractivity contribution in [3.05, 3.63) is 28.8 Å². The Bertz CT molecular complexity index is 526. The molecule has 0 bridgehead atoms. The molecule has 1 saturated carbocycles. The number of hydrogen-bond acceptors (Lipinski definition) is 4. The van der Waals surface area contributed by atoms with E-state index in [0.29, 0.717) is 17.4 Å². The molecular formula is C11H10N2O2S. The highest BCUT2D eigenvalue weighted by Crippen LogP contribution is 2.46. The van der Waals surface area contributed by atoms with Gasteiger partial charge in [0, 0.05) is 5.56 Å². The van der Waals surface area contributed by atoms with Crippen LogP contribution in [-0.4, -0.2) is 11.1 Å². The fourth-order valence-corrected chi connectivity index (χ4v) is 2.53. The van der Waals surface area contributed by atoms with E-state index in [2.05, 4.69) is 5.16 Å². The van der Waals surface area contributed by atoms with Crippen molar-refractivity contribution in [2.24, 2.45) is 5.73 Å². The zero-order valence-corrected chi connectivity index (χ0v) is 9.29. The third kappa shape index (κ3) is 1.44. The maximum absolute atomic E-state index is 11.2. The van der Waals surface area contributed by atoms with E-state index in [1.807, 2.05) is 17.5 Å². The Morgan fingerprint density at radius 2 is 2.38 bits per heavy atom. The molecule has 16 heavy (non-hydrogen) atoms. The van der Waals surface area contributed by atoms with Crippen molar-refractivity contribution < 1.29 is 9.32 Å². The van der Waals surface area contributed by atoms with Crippen molar-refractivity contribution in [1.29, 1.82) is 0 Å². The van der Waals surface area contributed by atoms with Gasteiger partial charge in [-0.3, -0.25) is 4.79 Å². The van der Waals surface area contributed by atoms with Crippen molar-refractivity contribution in [2.75, 3.05) is 0 Å². The molecule has 2 aromatic heterocycles. The van der Waals surface area contributed by atoms with Crippen molar-refractivity contribution in [3.63, 3.8) is 0 Å². The molecule has 5 heteroatoms. The molecule has 2 N–H and O–H groups in total. The van der Waals surface area contributed by atoms with Gasteiger partial charge < -0.3 is 10.3 Å². The SMILES string of the molecule is NC(=O)c1noc(-c2cccs2)c1C1CC1. The molecule has 3 rings (SSSR count). The summed E-state index contributed by atoms with van der Waals surface area (Å²) >= 11 is 1.57. The summed E-state index contributed by atoms with van der Waals surface area (Å²) in [6.07, 6.45) is 2.17. The minimum Gasteiger partial charge on any atom is -0.364 e. The van der Waals surface area contributed by atoms with E-state index in [0.717, 1.165) is 23.3 Å². The van der Waals surface area contributed by atoms with Crippen LogP contribution in [0, 0.1) is 0 Å². The van der Waals surface area contributed by atoms with E-state index in [4.69, 9.17) is 10.3 Å². The molecule has 1 aliphatic rings. The zero-order valence-electron chi connectivity index (χ0n) is 8.47. The van der Waals surface area contributed by atoms with Crippen molar-refractivity contribution in [1.82, 2.24) is 5.16 Å². The smallest absolute Gasteiger partial charge is 0.271 e. The first-order chi connectivity index (χ1) is 7.77. The summed E-state index contributed by atoms with van der Waals surface area (Å²) in [5.41, 5.74) is 6.48. The van der Waals surface area contributed by atoms with Crippen LogP contribution >= 0.6 is 11.3 Å². The van der Waals surface area contributed by atoms with Crippen LogP contribution in [0.2, 0.25) is 0 Å². The summed E-state index contributed by atoms with van der Waals surface area (Å²) < 4.78 is 5.26. The average molecular weight is 234 g/mol. The molecule has 0 spiro atoms. The van der Waals surface area contributed by atoms with E-state index in [1.54, 1.807) is 11.3 Å². The molecule has 0 saturated heterocycles. The first kappa shape index (κ1) is 9.59. The second-order valence-electron chi connectivity index (χ2n) is 3.89. The van der Waals surface area contributed by atoms with Crippen LogP contribution in [0.1, 0.15) is 34.8 Å². The summed E-state index contributed by atoms with van der Waals surface area (Å²) in [7, 11) is 0. The van der Waals surface area contributed by atoms with Crippen LogP contribution in [-0.2, 0) is 0 Å². The van der Waals surface area contributed by atoms with E-state index >= 15 is 0 Å². The highest BCUT2D eigenvalue weighted by atomic mass is 32.1. The number of nitrogens with zero attached hydrogens (tertiary/aromatic N) is 1. The van der Waals surface area contributed by atoms with Crippen molar-refractivity contribution in [3.8, 4) is 10.6 Å². The minimum absolute atomic E-state index is 0.297. The number of carbonyl (C=O) groups is 1. The number of hydrogen-bond donors (Lipinski definition) is 1. The quantitative estimate of drug-likeness (QED) is 0.886. The van der Waals surface area contributed by atoms with Gasteiger partial charge >= 0.3 is 0 Å². The number of amides is 1. The Kier molecular flexibility index (Phi) is 2.07. The van der Waals surface area contributed by atoms with E-state index in [-0.39, 0.29) is 0 Å². The lowest BCUT2D eigenvalue weighted by Crippen LogP contribution is -2.13. The van der Waals surface area contributed by atoms with E-state index < -0.39 is 5.91 Å². The number of thiophene rings is 1. The Balaban J connectivity index is 2.15. The van der Waals surface area contributed by atoms with Gasteiger partial charge in [-0.2, -0.15) is 0 Å². The number of aromatic nitrogens is 1. The normalized spacial score (nSPS) is 15.2. The number of nitrogens with two attached hydrogens (primary N) is 1. The molecule has 82 valence electrons. The average Bonchev–Trinajstić information content (AvgIpc) is 2.82. The van der Waals surface area contributed by atoms with Crippen molar-refractivity contribution in [2.45, 2.75) is 18.8 Å². The van der Waals surface area contributed by atoms with E-state index in [1.165, 1.54) is 0 Å². The Morgan fingerprint density at radius 1 is 1.56 bits per heavy atom. The Morgan fingerprint density at radius 3 is 2.94 bits per heavy atom. The number of primary amides is 1. The monoisotopic (exact) mass is 234 g/mol. The van der Waals surface area contributed by atoms with Gasteiger partial charge in [0.15, 0.2) is 11.5 Å². The fraction of sp³-hybridized carbons (Fsp3) is 0.273. The number of rotatable bonds is 3. The summed E-state index contributed by atoms with van der Waals surface area (Å²) in [6, 6.07) is 3.91. The largest absolute Gasteiger partial charge is 0.364 e. The fourth-order valence-electron chi connectivity index (χ4n) is 1.81. The molecule has 0 unspecified atom stereocenters. The van der Waals surface area contributed by atoms with E-state index in [9.17, 15) is 4.79 Å². The molecule has 0 atom stereocenters. The van der Waals surface area contributed by atoms with Gasteiger partial charge in [0.25, 0.3) is 5.91 Å². The summed E-state index contributed by atoms with van der Waals surface area (Å²) in [5.74, 6) is 0.602. The molecule has 2 heterocycles. The molecular weight excluding hydrogens is 224 g/mol. The van der Waals surface area contributed by atoms with Crippen LogP contribution in [0.4, 0.5) is 0 Å². The van der Waals surface area contributed by atoms with Crippen LogP contribution in [0.15, 0.2) is 22.0 Å². The second kappa shape index (κ2) is 3.45. The highest BCUT2D eigenvalue weighted by molar-refractivity contribution is 7.13. The maximum atomic E-state index is 11.2.